The quantitative estimate of drug-likeness (QED) is 0.770. The van der Waals surface area contributed by atoms with Crippen molar-refractivity contribution in [2.24, 2.45) is 0 Å². The lowest BCUT2D eigenvalue weighted by atomic mass is 10.1. The van der Waals surface area contributed by atoms with E-state index in [-0.39, 0.29) is 5.91 Å². The van der Waals surface area contributed by atoms with Crippen LogP contribution in [0.5, 0.6) is 0 Å². The van der Waals surface area contributed by atoms with Crippen LogP contribution in [0.3, 0.4) is 0 Å². The van der Waals surface area contributed by atoms with Crippen molar-refractivity contribution in [3.05, 3.63) is 78.1 Å². The van der Waals surface area contributed by atoms with E-state index in [2.05, 4.69) is 15.3 Å². The Kier molecular flexibility index (Phi) is 3.78. The molecule has 0 aliphatic rings. The molecule has 4 heteroatoms. The highest BCUT2D eigenvalue weighted by Gasteiger charge is 2.06. The molecule has 1 aromatic heterocycles. The van der Waals surface area contributed by atoms with Crippen molar-refractivity contribution in [1.82, 2.24) is 15.3 Å². The number of benzene rings is 2. The van der Waals surface area contributed by atoms with Gasteiger partial charge in [-0.1, -0.05) is 42.5 Å². The number of rotatable bonds is 4. The van der Waals surface area contributed by atoms with Crippen molar-refractivity contribution in [1.29, 1.82) is 0 Å². The van der Waals surface area contributed by atoms with Crippen LogP contribution in [-0.4, -0.2) is 15.9 Å². The molecule has 0 bridgehead atoms. The van der Waals surface area contributed by atoms with E-state index in [1.807, 2.05) is 42.5 Å². The van der Waals surface area contributed by atoms with Gasteiger partial charge in [0.1, 0.15) is 5.82 Å². The van der Waals surface area contributed by atoms with Crippen LogP contribution in [0.2, 0.25) is 0 Å². The maximum Gasteiger partial charge on any atom is 0.251 e. The summed E-state index contributed by atoms with van der Waals surface area (Å²) in [5.74, 6) is 0.719. The molecule has 0 aliphatic carbocycles. The van der Waals surface area contributed by atoms with Gasteiger partial charge in [-0.05, 0) is 17.7 Å². The van der Waals surface area contributed by atoms with E-state index >= 15 is 0 Å². The smallest absolute Gasteiger partial charge is 0.251 e. The van der Waals surface area contributed by atoms with Crippen molar-refractivity contribution in [3.63, 3.8) is 0 Å². The third-order valence-corrected chi connectivity index (χ3v) is 3.21. The number of hydrogen-bond donors (Lipinski definition) is 2. The first-order chi connectivity index (χ1) is 10.3. The summed E-state index contributed by atoms with van der Waals surface area (Å²) >= 11 is 0. The second-order valence-electron chi connectivity index (χ2n) is 4.68. The summed E-state index contributed by atoms with van der Waals surface area (Å²) < 4.78 is 0. The average Bonchev–Trinajstić information content (AvgIpc) is 3.08. The monoisotopic (exact) mass is 277 g/mol. The normalized spacial score (nSPS) is 10.3. The number of aromatic nitrogens is 2. The molecule has 0 unspecified atom stereocenters. The lowest BCUT2D eigenvalue weighted by Gasteiger charge is -2.06. The highest BCUT2D eigenvalue weighted by molar-refractivity contribution is 5.94. The highest BCUT2D eigenvalue weighted by atomic mass is 16.1. The Morgan fingerprint density at radius 3 is 2.48 bits per heavy atom. The van der Waals surface area contributed by atoms with E-state index in [0.29, 0.717) is 12.1 Å². The number of hydrogen-bond acceptors (Lipinski definition) is 2. The van der Waals surface area contributed by atoms with Gasteiger partial charge in [-0.15, -0.1) is 0 Å². The van der Waals surface area contributed by atoms with E-state index in [1.54, 1.807) is 24.5 Å². The molecule has 0 aliphatic heterocycles. The Hall–Kier alpha value is -2.88. The first-order valence-electron chi connectivity index (χ1n) is 6.75. The Morgan fingerprint density at radius 1 is 1.05 bits per heavy atom. The van der Waals surface area contributed by atoms with Crippen LogP contribution in [0.4, 0.5) is 0 Å². The zero-order chi connectivity index (χ0) is 14.5. The zero-order valence-electron chi connectivity index (χ0n) is 11.4. The molecular formula is C17H15N3O. The maximum atomic E-state index is 12.1. The van der Waals surface area contributed by atoms with Crippen LogP contribution in [-0.2, 0) is 6.54 Å². The SMILES string of the molecule is O=C(NCc1ccccc1)c1ccc(-c2ncc[nH]2)cc1. The van der Waals surface area contributed by atoms with Crippen molar-refractivity contribution in [2.45, 2.75) is 6.54 Å². The number of carbonyl (C=O) groups is 1. The van der Waals surface area contributed by atoms with Gasteiger partial charge in [-0.25, -0.2) is 4.98 Å². The Labute approximate surface area is 122 Å². The minimum absolute atomic E-state index is 0.0788. The third-order valence-electron chi connectivity index (χ3n) is 3.21. The van der Waals surface area contributed by atoms with Crippen LogP contribution in [0.15, 0.2) is 67.0 Å². The molecule has 0 fully saturated rings. The van der Waals surface area contributed by atoms with E-state index in [4.69, 9.17) is 0 Å². The fourth-order valence-corrected chi connectivity index (χ4v) is 2.08. The van der Waals surface area contributed by atoms with Gasteiger partial charge in [0.05, 0.1) is 0 Å². The summed E-state index contributed by atoms with van der Waals surface area (Å²) in [5, 5.41) is 2.91. The molecule has 0 radical (unpaired) electrons. The van der Waals surface area contributed by atoms with Gasteiger partial charge in [0, 0.05) is 30.1 Å². The standard InChI is InChI=1S/C17H15N3O/c21-17(20-12-13-4-2-1-3-5-13)15-8-6-14(7-9-15)16-18-10-11-19-16/h1-11H,12H2,(H,18,19)(H,20,21). The molecule has 2 N–H and O–H groups in total. The average molecular weight is 277 g/mol. The molecular weight excluding hydrogens is 262 g/mol. The summed E-state index contributed by atoms with van der Waals surface area (Å²) in [7, 11) is 0. The predicted molar refractivity (Wildman–Crippen MR) is 81.6 cm³/mol. The van der Waals surface area contributed by atoms with E-state index in [0.717, 1.165) is 17.0 Å². The molecule has 104 valence electrons. The van der Waals surface area contributed by atoms with Gasteiger partial charge < -0.3 is 10.3 Å². The molecule has 1 heterocycles. The largest absolute Gasteiger partial charge is 0.348 e. The third kappa shape index (κ3) is 3.17. The number of nitrogens with zero attached hydrogens (tertiary/aromatic N) is 1. The number of amides is 1. The van der Waals surface area contributed by atoms with Gasteiger partial charge in [0.25, 0.3) is 5.91 Å². The molecule has 0 spiro atoms. The lowest BCUT2D eigenvalue weighted by Crippen LogP contribution is -2.22. The predicted octanol–water partition coefficient (Wildman–Crippen LogP) is 3.01. The van der Waals surface area contributed by atoms with E-state index < -0.39 is 0 Å². The topological polar surface area (TPSA) is 57.8 Å². The highest BCUT2D eigenvalue weighted by Crippen LogP contribution is 2.15. The number of imidazole rings is 1. The van der Waals surface area contributed by atoms with Crippen molar-refractivity contribution >= 4 is 5.91 Å². The number of aromatic amines is 1. The van der Waals surface area contributed by atoms with Crippen LogP contribution in [0.25, 0.3) is 11.4 Å². The molecule has 3 rings (SSSR count). The van der Waals surface area contributed by atoms with Crippen LogP contribution >= 0.6 is 0 Å². The molecule has 0 atom stereocenters. The molecule has 0 saturated heterocycles. The molecule has 3 aromatic rings. The van der Waals surface area contributed by atoms with Gasteiger partial charge in [-0.3, -0.25) is 4.79 Å². The van der Waals surface area contributed by atoms with E-state index in [1.165, 1.54) is 0 Å². The zero-order valence-corrected chi connectivity index (χ0v) is 11.4. The minimum Gasteiger partial charge on any atom is -0.348 e. The second kappa shape index (κ2) is 6.05. The fourth-order valence-electron chi connectivity index (χ4n) is 2.08. The van der Waals surface area contributed by atoms with Gasteiger partial charge >= 0.3 is 0 Å². The van der Waals surface area contributed by atoms with Crippen LogP contribution in [0, 0.1) is 0 Å². The molecule has 21 heavy (non-hydrogen) atoms. The summed E-state index contributed by atoms with van der Waals surface area (Å²) in [6.45, 7) is 0.527. The van der Waals surface area contributed by atoms with Crippen LogP contribution in [0.1, 0.15) is 15.9 Å². The van der Waals surface area contributed by atoms with Gasteiger partial charge in [0.15, 0.2) is 0 Å². The Bertz CT molecular complexity index is 704. The molecule has 0 saturated carbocycles. The summed E-state index contributed by atoms with van der Waals surface area (Å²) in [4.78, 5) is 19.3. The first kappa shape index (κ1) is 13.1. The second-order valence-corrected chi connectivity index (χ2v) is 4.68. The van der Waals surface area contributed by atoms with E-state index in [9.17, 15) is 4.79 Å². The number of carbonyl (C=O) groups excluding carboxylic acids is 1. The van der Waals surface area contributed by atoms with Crippen LogP contribution < -0.4 is 5.32 Å². The summed E-state index contributed by atoms with van der Waals surface area (Å²) in [6.07, 6.45) is 3.48. The Morgan fingerprint density at radius 2 is 1.81 bits per heavy atom. The fraction of sp³-hybridized carbons (Fsp3) is 0.0588. The Balaban J connectivity index is 1.65. The van der Waals surface area contributed by atoms with Gasteiger partial charge in [-0.2, -0.15) is 0 Å². The first-order valence-corrected chi connectivity index (χ1v) is 6.75. The summed E-state index contributed by atoms with van der Waals surface area (Å²) in [6, 6.07) is 17.2. The molecule has 1 amide bonds. The van der Waals surface area contributed by atoms with Crippen molar-refractivity contribution < 1.29 is 4.79 Å². The number of H-pyrrole nitrogens is 1. The maximum absolute atomic E-state index is 12.1. The van der Waals surface area contributed by atoms with Crippen molar-refractivity contribution in [2.75, 3.05) is 0 Å². The van der Waals surface area contributed by atoms with Gasteiger partial charge in [0.2, 0.25) is 0 Å². The molecule has 4 nitrogen and oxygen atoms in total. The minimum atomic E-state index is -0.0788. The lowest BCUT2D eigenvalue weighted by molar-refractivity contribution is 0.0951. The molecule has 2 aromatic carbocycles. The summed E-state index contributed by atoms with van der Waals surface area (Å²) in [5.41, 5.74) is 2.68. The number of nitrogens with one attached hydrogen (secondary N) is 2. The van der Waals surface area contributed by atoms with Crippen molar-refractivity contribution in [3.8, 4) is 11.4 Å².